The summed E-state index contributed by atoms with van der Waals surface area (Å²) in [5, 5.41) is 0. The lowest BCUT2D eigenvalue weighted by atomic mass is 10.1. The quantitative estimate of drug-likeness (QED) is 0.156. The molecule has 0 unspecified atom stereocenters. The Labute approximate surface area is 490 Å². The number of nitrogens with zero attached hydrogens (tertiary/aromatic N) is 8. The van der Waals surface area contributed by atoms with E-state index < -0.39 is 67.6 Å². The average molecular weight is 1250 g/mol. The molecule has 0 saturated carbocycles. The van der Waals surface area contributed by atoms with E-state index in [9.17, 15) is 0 Å². The van der Waals surface area contributed by atoms with Gasteiger partial charge in [0, 0.05) is 68.6 Å². The molecule has 0 atom stereocenters. The summed E-state index contributed by atoms with van der Waals surface area (Å²) in [5.41, 5.74) is -2.36. The van der Waals surface area contributed by atoms with E-state index in [1.807, 2.05) is 97.1 Å². The second-order valence-electron chi connectivity index (χ2n) is 28.3. The molecule has 16 bridgehead atoms. The molecule has 440 valence electrons. The van der Waals surface area contributed by atoms with Gasteiger partial charge in [0.05, 0.1) is 0 Å². The Hall–Kier alpha value is -1.60. The van der Waals surface area contributed by atoms with Crippen molar-refractivity contribution in [3.05, 3.63) is 97.1 Å². The largest absolute Gasteiger partial charge is 0.444 e. The first-order valence-electron chi connectivity index (χ1n) is 27.4. The van der Waals surface area contributed by atoms with Gasteiger partial charge in [-0.05, 0) is 215 Å². The minimum Gasteiger partial charge on any atom is -0.444 e. The number of hydrogen-bond donors (Lipinski definition) is 0. The zero-order valence-electron chi connectivity index (χ0n) is 51.7. The molecule has 4 saturated heterocycles. The van der Waals surface area contributed by atoms with Crippen LogP contribution in [0, 0.1) is 0 Å². The lowest BCUT2D eigenvalue weighted by molar-refractivity contribution is 0.224. The van der Waals surface area contributed by atoms with Crippen LogP contribution < -0.4 is 36.2 Å². The molecule has 0 aromatic heterocycles. The number of hydrogen-bond acceptors (Lipinski definition) is 16. The fraction of sp³-hybridized carbons (Fsp3) is 0.571. The van der Waals surface area contributed by atoms with Gasteiger partial charge in [0.25, 0.3) is 67.6 Å². The van der Waals surface area contributed by atoms with Gasteiger partial charge in [0.15, 0.2) is 0 Å². The van der Waals surface area contributed by atoms with E-state index in [2.05, 4.69) is 202 Å². The van der Waals surface area contributed by atoms with Crippen LogP contribution >= 0.6 is 67.6 Å². The third-order valence-electron chi connectivity index (χ3n) is 12.1. The molecule has 0 N–H and O–H groups in total. The van der Waals surface area contributed by atoms with Crippen LogP contribution in [0.1, 0.15) is 166 Å². The first kappa shape index (κ1) is 62.9. The third-order valence-corrected chi connectivity index (χ3v) is 37.2. The predicted octanol–water partition coefficient (Wildman–Crippen LogP) is 20.5. The average Bonchev–Trinajstić information content (AvgIpc) is 3.23. The molecule has 0 amide bonds. The van der Waals surface area contributed by atoms with Gasteiger partial charge in [-0.1, -0.05) is 24.3 Å². The molecule has 14 heterocycles. The maximum absolute atomic E-state index is 7.17. The standard InChI is InChI=1S/C56H88N8O8P8/c1-49(2,3)57-73-58(50(4,5)6)74(57)66-42-30-26-32-44(38-42)68-76-61(53(13,14)15)78(62(76)54(16,17)18)70-46-34-28-36-48(40-46)72-80-63(55(19,20)21)79(64(80)56(22,23)24)71-47-35-27-33-45(39-47)69-77-59(51(7,8)9)75(60(77)52(10,11)12)67-43-31-25-29-41(37-43)65-73/h25-40H,1-24H3. The van der Waals surface area contributed by atoms with Crippen molar-refractivity contribution in [2.24, 2.45) is 0 Å². The van der Waals surface area contributed by atoms with Crippen LogP contribution in [-0.2, 0) is 0 Å². The van der Waals surface area contributed by atoms with Gasteiger partial charge in [-0.2, -0.15) is 35.5 Å². The van der Waals surface area contributed by atoms with E-state index in [0.29, 0.717) is 0 Å². The summed E-state index contributed by atoms with van der Waals surface area (Å²) in [4.78, 5) is 0. The summed E-state index contributed by atoms with van der Waals surface area (Å²) in [5.74, 6) is 5.87. The van der Waals surface area contributed by atoms with Crippen molar-refractivity contribution in [1.82, 2.24) is 35.5 Å². The fourth-order valence-electron chi connectivity index (χ4n) is 8.87. The Balaban J connectivity index is 1.12. The van der Waals surface area contributed by atoms with Gasteiger partial charge in [-0.25, -0.2) is 0 Å². The maximum atomic E-state index is 7.17. The van der Waals surface area contributed by atoms with E-state index in [1.54, 1.807) is 0 Å². The van der Waals surface area contributed by atoms with Crippen LogP contribution in [0.5, 0.6) is 46.0 Å². The maximum Gasteiger partial charge on any atom is 0.264 e. The van der Waals surface area contributed by atoms with Crippen molar-refractivity contribution in [3.63, 3.8) is 0 Å². The van der Waals surface area contributed by atoms with Crippen LogP contribution in [0.4, 0.5) is 0 Å². The summed E-state index contributed by atoms with van der Waals surface area (Å²) in [6, 6.07) is 32.6. The van der Waals surface area contributed by atoms with E-state index in [-0.39, 0.29) is 44.3 Å². The van der Waals surface area contributed by atoms with E-state index in [4.69, 9.17) is 36.2 Å². The molecular formula is C56H88N8O8P8. The van der Waals surface area contributed by atoms with Crippen LogP contribution in [-0.4, -0.2) is 79.8 Å². The molecular weight excluding hydrogens is 1160 g/mol. The van der Waals surface area contributed by atoms with Gasteiger partial charge >= 0.3 is 0 Å². The second kappa shape index (κ2) is 22.3. The molecule has 0 spiro atoms. The van der Waals surface area contributed by atoms with Crippen molar-refractivity contribution >= 4 is 67.6 Å². The summed E-state index contributed by atoms with van der Waals surface area (Å²) in [6.45, 7) is 53.7. The molecule has 80 heavy (non-hydrogen) atoms. The summed E-state index contributed by atoms with van der Waals surface area (Å²) in [7, 11) is -10.6. The summed E-state index contributed by atoms with van der Waals surface area (Å²) < 4.78 is 76.8. The van der Waals surface area contributed by atoms with Crippen LogP contribution in [0.3, 0.4) is 0 Å². The highest BCUT2D eigenvalue weighted by Gasteiger charge is 2.65. The molecule has 16 nitrogen and oxygen atoms in total. The van der Waals surface area contributed by atoms with Crippen LogP contribution in [0.2, 0.25) is 0 Å². The van der Waals surface area contributed by atoms with Gasteiger partial charge in [0.2, 0.25) is 0 Å². The van der Waals surface area contributed by atoms with E-state index >= 15 is 0 Å². The Kier molecular flexibility index (Phi) is 17.5. The van der Waals surface area contributed by atoms with Gasteiger partial charge < -0.3 is 36.2 Å². The molecule has 4 aromatic carbocycles. The van der Waals surface area contributed by atoms with Gasteiger partial charge in [-0.15, -0.1) is 0 Å². The zero-order chi connectivity index (χ0) is 58.8. The Morgan fingerprint density at radius 1 is 0.200 bits per heavy atom. The Bertz CT molecular complexity index is 2280. The lowest BCUT2D eigenvalue weighted by Gasteiger charge is -2.61. The molecule has 0 aliphatic carbocycles. The molecule has 24 heteroatoms. The molecule has 4 aromatic rings. The molecule has 18 rings (SSSR count). The highest BCUT2D eigenvalue weighted by atomic mass is 31.3. The van der Waals surface area contributed by atoms with Crippen molar-refractivity contribution in [2.75, 3.05) is 0 Å². The third kappa shape index (κ3) is 13.1. The molecule has 14 aliphatic rings. The van der Waals surface area contributed by atoms with Crippen LogP contribution in [0.25, 0.3) is 0 Å². The zero-order valence-corrected chi connectivity index (χ0v) is 58.8. The SMILES string of the molecule is CC(C)(C)N1P2Oc3cccc(c3)OP3N(C(C)(C)C)P(Oc4cccc(c4)OP4N(C(C)(C)C)P(Oc5cccc(c5)OP5N(C(C)(C)C)P(Oc6cccc(c6)OP1N2C(C)(C)C)N5C(C)(C)C)N4C(C)(C)C)N3C(C)(C)C. The molecule has 4 fully saturated rings. The monoisotopic (exact) mass is 1250 g/mol. The minimum absolute atomic E-state index is 0.295. The van der Waals surface area contributed by atoms with Crippen molar-refractivity contribution < 1.29 is 36.2 Å². The molecule has 14 aliphatic heterocycles. The number of benzene rings is 4. The van der Waals surface area contributed by atoms with Crippen molar-refractivity contribution in [3.8, 4) is 46.0 Å². The summed E-state index contributed by atoms with van der Waals surface area (Å²) >= 11 is 0. The number of rotatable bonds is 0. The minimum atomic E-state index is -1.32. The first-order valence-corrected chi connectivity index (χ1v) is 36.7. The Morgan fingerprint density at radius 2 is 0.300 bits per heavy atom. The first-order chi connectivity index (χ1) is 36.7. The van der Waals surface area contributed by atoms with E-state index in [0.717, 1.165) is 46.0 Å². The lowest BCUT2D eigenvalue weighted by Crippen LogP contribution is -2.55. The fourth-order valence-corrected chi connectivity index (χ4v) is 29.7. The van der Waals surface area contributed by atoms with E-state index in [1.165, 1.54) is 0 Å². The van der Waals surface area contributed by atoms with Gasteiger partial charge in [-0.3, -0.25) is 0 Å². The predicted molar refractivity (Wildman–Crippen MR) is 339 cm³/mol. The topological polar surface area (TPSA) is 99.8 Å². The van der Waals surface area contributed by atoms with Crippen LogP contribution in [0.15, 0.2) is 97.1 Å². The second-order valence-corrected chi connectivity index (χ2v) is 42.8. The van der Waals surface area contributed by atoms with Crippen molar-refractivity contribution in [2.45, 2.75) is 210 Å². The smallest absolute Gasteiger partial charge is 0.264 e. The normalized spacial score (nSPS) is 26.9. The highest BCUT2D eigenvalue weighted by Crippen LogP contribution is 2.85. The molecule has 0 radical (unpaired) electrons. The Morgan fingerprint density at radius 3 is 0.388 bits per heavy atom. The highest BCUT2D eigenvalue weighted by molar-refractivity contribution is 7.80. The van der Waals surface area contributed by atoms with Gasteiger partial charge in [0.1, 0.15) is 46.0 Å². The summed E-state index contributed by atoms with van der Waals surface area (Å²) in [6.07, 6.45) is 0. The van der Waals surface area contributed by atoms with Crippen molar-refractivity contribution in [1.29, 1.82) is 0 Å².